The van der Waals surface area contributed by atoms with Crippen LogP contribution in [-0.4, -0.2) is 73.5 Å². The van der Waals surface area contributed by atoms with Crippen LogP contribution in [0.2, 0.25) is 0 Å². The standard InChI is InChI=1S/C13H26N2O2/c1-13(2)11-15(4-3-12(13)16)6-5-14-7-9-17-10-8-14/h12,16H,3-11H2,1-2H3. The highest BCUT2D eigenvalue weighted by Crippen LogP contribution is 2.28. The van der Waals surface area contributed by atoms with E-state index in [9.17, 15) is 5.11 Å². The van der Waals surface area contributed by atoms with E-state index in [0.29, 0.717) is 0 Å². The first-order valence-corrected chi connectivity index (χ1v) is 6.78. The molecule has 4 nitrogen and oxygen atoms in total. The number of hydrogen-bond donors (Lipinski definition) is 1. The molecular formula is C13H26N2O2. The number of morpholine rings is 1. The molecule has 0 bridgehead atoms. The fourth-order valence-corrected chi connectivity index (χ4v) is 2.75. The third kappa shape index (κ3) is 3.65. The summed E-state index contributed by atoms with van der Waals surface area (Å²) >= 11 is 0. The van der Waals surface area contributed by atoms with Crippen molar-refractivity contribution in [3.8, 4) is 0 Å². The van der Waals surface area contributed by atoms with Crippen molar-refractivity contribution in [2.45, 2.75) is 26.4 Å². The van der Waals surface area contributed by atoms with Gasteiger partial charge >= 0.3 is 0 Å². The lowest BCUT2D eigenvalue weighted by atomic mass is 9.81. The summed E-state index contributed by atoms with van der Waals surface area (Å²) < 4.78 is 5.35. The molecule has 100 valence electrons. The summed E-state index contributed by atoms with van der Waals surface area (Å²) in [6.07, 6.45) is 0.776. The summed E-state index contributed by atoms with van der Waals surface area (Å²) in [7, 11) is 0. The van der Waals surface area contributed by atoms with Gasteiger partial charge in [0.15, 0.2) is 0 Å². The predicted molar refractivity (Wildman–Crippen MR) is 68.1 cm³/mol. The maximum atomic E-state index is 9.92. The fraction of sp³-hybridized carbons (Fsp3) is 1.00. The second-order valence-corrected chi connectivity index (χ2v) is 6.02. The van der Waals surface area contributed by atoms with Crippen LogP contribution in [0.25, 0.3) is 0 Å². The second-order valence-electron chi connectivity index (χ2n) is 6.02. The summed E-state index contributed by atoms with van der Waals surface area (Å²) in [5.41, 5.74) is 0.0449. The minimum atomic E-state index is -0.137. The molecule has 17 heavy (non-hydrogen) atoms. The van der Waals surface area contributed by atoms with Gasteiger partial charge in [-0.05, 0) is 6.42 Å². The average molecular weight is 242 g/mol. The van der Waals surface area contributed by atoms with Crippen LogP contribution in [0.4, 0.5) is 0 Å². The number of rotatable bonds is 3. The normalized spacial score (nSPS) is 31.6. The second kappa shape index (κ2) is 5.65. The van der Waals surface area contributed by atoms with Crippen LogP contribution in [0.1, 0.15) is 20.3 Å². The van der Waals surface area contributed by atoms with Crippen LogP contribution in [0.3, 0.4) is 0 Å². The molecule has 1 N–H and O–H groups in total. The van der Waals surface area contributed by atoms with Gasteiger partial charge in [-0.2, -0.15) is 0 Å². The van der Waals surface area contributed by atoms with E-state index in [2.05, 4.69) is 23.6 Å². The van der Waals surface area contributed by atoms with Gasteiger partial charge < -0.3 is 14.7 Å². The number of likely N-dealkylation sites (tertiary alicyclic amines) is 1. The van der Waals surface area contributed by atoms with Gasteiger partial charge in [-0.15, -0.1) is 0 Å². The third-order valence-corrected chi connectivity index (χ3v) is 4.09. The maximum absolute atomic E-state index is 9.92. The van der Waals surface area contributed by atoms with Gasteiger partial charge in [0.1, 0.15) is 0 Å². The number of aliphatic hydroxyl groups is 1. The average Bonchev–Trinajstić information content (AvgIpc) is 2.32. The molecule has 2 saturated heterocycles. The van der Waals surface area contributed by atoms with E-state index in [4.69, 9.17) is 4.74 Å². The van der Waals surface area contributed by atoms with Gasteiger partial charge in [0.2, 0.25) is 0 Å². The Balaban J connectivity index is 1.72. The molecule has 0 aromatic heterocycles. The van der Waals surface area contributed by atoms with Crippen LogP contribution >= 0.6 is 0 Å². The van der Waals surface area contributed by atoms with Crippen LogP contribution < -0.4 is 0 Å². The molecule has 0 aromatic rings. The molecule has 0 radical (unpaired) electrons. The number of aliphatic hydroxyl groups excluding tert-OH is 1. The zero-order valence-corrected chi connectivity index (χ0v) is 11.2. The van der Waals surface area contributed by atoms with Gasteiger partial charge in [0.05, 0.1) is 19.3 Å². The van der Waals surface area contributed by atoms with E-state index in [1.165, 1.54) is 0 Å². The maximum Gasteiger partial charge on any atom is 0.0615 e. The topological polar surface area (TPSA) is 35.9 Å². The Hall–Kier alpha value is -0.160. The molecule has 0 spiro atoms. The molecular weight excluding hydrogens is 216 g/mol. The van der Waals surface area contributed by atoms with Crippen LogP contribution in [-0.2, 0) is 4.74 Å². The Bertz CT molecular complexity index is 240. The van der Waals surface area contributed by atoms with E-state index in [1.54, 1.807) is 0 Å². The van der Waals surface area contributed by atoms with E-state index in [-0.39, 0.29) is 11.5 Å². The lowest BCUT2D eigenvalue weighted by Crippen LogP contribution is -2.51. The van der Waals surface area contributed by atoms with E-state index in [0.717, 1.165) is 58.9 Å². The lowest BCUT2D eigenvalue weighted by Gasteiger charge is -2.42. The summed E-state index contributed by atoms with van der Waals surface area (Å²) in [6.45, 7) is 12.5. The largest absolute Gasteiger partial charge is 0.392 e. The zero-order chi connectivity index (χ0) is 12.3. The van der Waals surface area contributed by atoms with Crippen molar-refractivity contribution in [1.29, 1.82) is 0 Å². The number of piperidine rings is 1. The molecule has 1 atom stereocenters. The SMILES string of the molecule is CC1(C)CN(CCN2CCOCC2)CCC1O. The molecule has 0 aromatic carbocycles. The molecule has 0 saturated carbocycles. The molecule has 2 rings (SSSR count). The molecule has 2 aliphatic heterocycles. The first-order chi connectivity index (χ1) is 8.08. The van der Waals surface area contributed by atoms with Crippen LogP contribution in [0.5, 0.6) is 0 Å². The van der Waals surface area contributed by atoms with Crippen LogP contribution in [0.15, 0.2) is 0 Å². The summed E-state index contributed by atoms with van der Waals surface area (Å²) in [6, 6.07) is 0. The van der Waals surface area contributed by atoms with Crippen LogP contribution in [0, 0.1) is 5.41 Å². The number of nitrogens with zero attached hydrogens (tertiary/aromatic N) is 2. The zero-order valence-electron chi connectivity index (χ0n) is 11.2. The molecule has 4 heteroatoms. The van der Waals surface area contributed by atoms with Crippen molar-refractivity contribution in [3.63, 3.8) is 0 Å². The summed E-state index contributed by atoms with van der Waals surface area (Å²) in [5, 5.41) is 9.92. The minimum absolute atomic E-state index is 0.0449. The van der Waals surface area contributed by atoms with E-state index in [1.807, 2.05) is 0 Å². The first-order valence-electron chi connectivity index (χ1n) is 6.78. The number of hydrogen-bond acceptors (Lipinski definition) is 4. The molecule has 1 unspecified atom stereocenters. The first kappa shape index (κ1) is 13.3. The Morgan fingerprint density at radius 2 is 1.76 bits per heavy atom. The van der Waals surface area contributed by atoms with Gasteiger partial charge in [-0.1, -0.05) is 13.8 Å². The van der Waals surface area contributed by atoms with Crippen molar-refractivity contribution in [3.05, 3.63) is 0 Å². The Labute approximate surface area is 105 Å². The predicted octanol–water partition coefficient (Wildman–Crippen LogP) is 0.411. The van der Waals surface area contributed by atoms with Crippen molar-refractivity contribution in [1.82, 2.24) is 9.80 Å². The molecule has 2 fully saturated rings. The molecule has 2 heterocycles. The van der Waals surface area contributed by atoms with Gasteiger partial charge in [-0.25, -0.2) is 0 Å². The highest BCUT2D eigenvalue weighted by molar-refractivity contribution is 4.87. The molecule has 2 aliphatic rings. The monoisotopic (exact) mass is 242 g/mol. The highest BCUT2D eigenvalue weighted by Gasteiger charge is 2.34. The summed E-state index contributed by atoms with van der Waals surface area (Å²) in [4.78, 5) is 4.96. The summed E-state index contributed by atoms with van der Waals surface area (Å²) in [5.74, 6) is 0. The Morgan fingerprint density at radius 1 is 1.12 bits per heavy atom. The van der Waals surface area contributed by atoms with E-state index >= 15 is 0 Å². The van der Waals surface area contributed by atoms with Crippen molar-refractivity contribution in [2.75, 3.05) is 52.5 Å². The third-order valence-electron chi connectivity index (χ3n) is 4.09. The Kier molecular flexibility index (Phi) is 4.42. The lowest BCUT2D eigenvalue weighted by molar-refractivity contribution is -0.0299. The van der Waals surface area contributed by atoms with Crippen molar-refractivity contribution >= 4 is 0 Å². The Morgan fingerprint density at radius 3 is 2.41 bits per heavy atom. The fourth-order valence-electron chi connectivity index (χ4n) is 2.75. The van der Waals surface area contributed by atoms with Crippen molar-refractivity contribution in [2.24, 2.45) is 5.41 Å². The minimum Gasteiger partial charge on any atom is -0.392 e. The quantitative estimate of drug-likeness (QED) is 0.778. The smallest absolute Gasteiger partial charge is 0.0615 e. The molecule has 0 aliphatic carbocycles. The molecule has 0 amide bonds. The van der Waals surface area contributed by atoms with Gasteiger partial charge in [-0.3, -0.25) is 4.90 Å². The number of ether oxygens (including phenoxy) is 1. The van der Waals surface area contributed by atoms with Gasteiger partial charge in [0.25, 0.3) is 0 Å². The van der Waals surface area contributed by atoms with Crippen molar-refractivity contribution < 1.29 is 9.84 Å². The highest BCUT2D eigenvalue weighted by atomic mass is 16.5. The van der Waals surface area contributed by atoms with E-state index < -0.39 is 0 Å². The van der Waals surface area contributed by atoms with Gasteiger partial charge in [0, 0.05) is 44.7 Å².